The summed E-state index contributed by atoms with van der Waals surface area (Å²) in [6, 6.07) is 5.04. The van der Waals surface area contributed by atoms with Gasteiger partial charge in [0.15, 0.2) is 0 Å². The minimum absolute atomic E-state index is 0.111. The number of rotatable bonds is 5. The van der Waals surface area contributed by atoms with Crippen molar-refractivity contribution in [1.29, 1.82) is 0 Å². The van der Waals surface area contributed by atoms with E-state index < -0.39 is 0 Å². The van der Waals surface area contributed by atoms with E-state index in [4.69, 9.17) is 5.11 Å². The molecule has 0 bridgehead atoms. The molecule has 0 aromatic heterocycles. The summed E-state index contributed by atoms with van der Waals surface area (Å²) >= 11 is 0. The smallest absolute Gasteiger partial charge is 0.272 e. The van der Waals surface area contributed by atoms with Crippen LogP contribution in [0.3, 0.4) is 0 Å². The van der Waals surface area contributed by atoms with Crippen molar-refractivity contribution in [3.8, 4) is 0 Å². The highest BCUT2D eigenvalue weighted by molar-refractivity contribution is 5.53. The molecule has 2 N–H and O–H groups in total. The maximum atomic E-state index is 10.7. The minimum atomic E-state index is -0.390. The number of benzene rings is 1. The molecule has 0 radical (unpaired) electrons. The highest BCUT2D eigenvalue weighted by Crippen LogP contribution is 2.22. The third-order valence-corrected chi connectivity index (χ3v) is 2.93. The Balaban J connectivity index is 2.81. The van der Waals surface area contributed by atoms with Crippen LogP contribution in [0, 0.1) is 23.0 Å². The van der Waals surface area contributed by atoms with Crippen molar-refractivity contribution in [3.63, 3.8) is 0 Å². The standard InChI is InChI=1S/C12H18N2O3/c1-8-6-11(4-5-12(8)14(16)17)13-10(3)9(2)7-15/h4-6,9-10,13,15H,7H2,1-3H3. The number of hydrogen-bond acceptors (Lipinski definition) is 4. The van der Waals surface area contributed by atoms with E-state index in [9.17, 15) is 10.1 Å². The highest BCUT2D eigenvalue weighted by Gasteiger charge is 2.13. The molecular weight excluding hydrogens is 220 g/mol. The molecule has 1 aromatic rings. The Morgan fingerprint density at radius 3 is 2.59 bits per heavy atom. The zero-order valence-electron chi connectivity index (χ0n) is 10.3. The lowest BCUT2D eigenvalue weighted by Crippen LogP contribution is -2.26. The summed E-state index contributed by atoms with van der Waals surface area (Å²) in [5.41, 5.74) is 1.59. The number of nitrogens with one attached hydrogen (secondary N) is 1. The Bertz CT molecular complexity index is 407. The lowest BCUT2D eigenvalue weighted by atomic mass is 10.0. The van der Waals surface area contributed by atoms with Crippen LogP contribution in [0.5, 0.6) is 0 Å². The highest BCUT2D eigenvalue weighted by atomic mass is 16.6. The van der Waals surface area contributed by atoms with Crippen molar-refractivity contribution in [2.75, 3.05) is 11.9 Å². The molecule has 1 aromatic carbocycles. The molecule has 2 unspecified atom stereocenters. The van der Waals surface area contributed by atoms with Gasteiger partial charge in [-0.1, -0.05) is 6.92 Å². The van der Waals surface area contributed by atoms with Gasteiger partial charge in [0.05, 0.1) is 4.92 Å². The van der Waals surface area contributed by atoms with Crippen LogP contribution in [0.15, 0.2) is 18.2 Å². The van der Waals surface area contributed by atoms with Crippen molar-refractivity contribution in [3.05, 3.63) is 33.9 Å². The molecule has 0 heterocycles. The van der Waals surface area contributed by atoms with Crippen LogP contribution in [0.4, 0.5) is 11.4 Å². The van der Waals surface area contributed by atoms with Crippen LogP contribution in [-0.2, 0) is 0 Å². The first-order valence-electron chi connectivity index (χ1n) is 5.58. The number of aliphatic hydroxyl groups is 1. The maximum Gasteiger partial charge on any atom is 0.272 e. The van der Waals surface area contributed by atoms with Gasteiger partial charge in [-0.2, -0.15) is 0 Å². The monoisotopic (exact) mass is 238 g/mol. The van der Waals surface area contributed by atoms with E-state index in [0.717, 1.165) is 5.69 Å². The number of aliphatic hydroxyl groups excluding tert-OH is 1. The third kappa shape index (κ3) is 3.42. The number of aryl methyl sites for hydroxylation is 1. The molecule has 0 aliphatic rings. The van der Waals surface area contributed by atoms with E-state index in [1.165, 1.54) is 6.07 Å². The van der Waals surface area contributed by atoms with Crippen molar-refractivity contribution >= 4 is 11.4 Å². The minimum Gasteiger partial charge on any atom is -0.396 e. The van der Waals surface area contributed by atoms with Gasteiger partial charge in [-0.25, -0.2) is 0 Å². The second-order valence-electron chi connectivity index (χ2n) is 4.35. The van der Waals surface area contributed by atoms with Crippen LogP contribution in [-0.4, -0.2) is 22.7 Å². The summed E-state index contributed by atoms with van der Waals surface area (Å²) in [5.74, 6) is 0.130. The number of anilines is 1. The molecule has 0 saturated heterocycles. The molecule has 0 saturated carbocycles. The first-order chi connectivity index (χ1) is 7.95. The summed E-state index contributed by atoms with van der Waals surface area (Å²) < 4.78 is 0. The van der Waals surface area contributed by atoms with Gasteiger partial charge in [-0.05, 0) is 31.9 Å². The quantitative estimate of drug-likeness (QED) is 0.609. The Hall–Kier alpha value is -1.62. The number of nitro benzene ring substituents is 1. The summed E-state index contributed by atoms with van der Waals surface area (Å²) in [6.07, 6.45) is 0. The molecule has 0 aliphatic carbocycles. The second kappa shape index (κ2) is 5.63. The Kier molecular flexibility index (Phi) is 4.45. The van der Waals surface area contributed by atoms with E-state index in [1.54, 1.807) is 19.1 Å². The zero-order chi connectivity index (χ0) is 13.0. The summed E-state index contributed by atoms with van der Waals surface area (Å²) in [5, 5.41) is 22.9. The number of nitro groups is 1. The number of hydrogen-bond donors (Lipinski definition) is 2. The van der Waals surface area contributed by atoms with Crippen LogP contribution in [0.1, 0.15) is 19.4 Å². The lowest BCUT2D eigenvalue weighted by molar-refractivity contribution is -0.385. The van der Waals surface area contributed by atoms with Crippen molar-refractivity contribution in [2.45, 2.75) is 26.8 Å². The molecule has 17 heavy (non-hydrogen) atoms. The lowest BCUT2D eigenvalue weighted by Gasteiger charge is -2.20. The first kappa shape index (κ1) is 13.4. The van der Waals surface area contributed by atoms with E-state index in [-0.39, 0.29) is 29.2 Å². The number of nitrogens with zero attached hydrogens (tertiary/aromatic N) is 1. The molecule has 94 valence electrons. The van der Waals surface area contributed by atoms with Crippen LogP contribution in [0.2, 0.25) is 0 Å². The van der Waals surface area contributed by atoms with Gasteiger partial charge in [0, 0.05) is 30.0 Å². The van der Waals surface area contributed by atoms with Gasteiger partial charge in [-0.15, -0.1) is 0 Å². The SMILES string of the molecule is Cc1cc(NC(C)C(C)CO)ccc1[N+](=O)[O-]. The first-order valence-corrected chi connectivity index (χ1v) is 5.58. The zero-order valence-corrected chi connectivity index (χ0v) is 10.3. The molecule has 0 fully saturated rings. The summed E-state index contributed by atoms with van der Waals surface area (Å²) in [7, 11) is 0. The van der Waals surface area contributed by atoms with Gasteiger partial charge < -0.3 is 10.4 Å². The molecule has 1 rings (SSSR count). The van der Waals surface area contributed by atoms with E-state index >= 15 is 0 Å². The predicted octanol–water partition coefficient (Wildman–Crippen LogP) is 2.33. The van der Waals surface area contributed by atoms with Crippen molar-refractivity contribution < 1.29 is 10.0 Å². The van der Waals surface area contributed by atoms with Crippen molar-refractivity contribution in [2.24, 2.45) is 5.92 Å². The van der Waals surface area contributed by atoms with Gasteiger partial charge in [0.2, 0.25) is 0 Å². The normalized spacial score (nSPS) is 14.1. The molecule has 0 amide bonds. The van der Waals surface area contributed by atoms with E-state index in [2.05, 4.69) is 5.32 Å². The van der Waals surface area contributed by atoms with Crippen LogP contribution < -0.4 is 5.32 Å². The Labute approximate surface area is 101 Å². The average molecular weight is 238 g/mol. The van der Waals surface area contributed by atoms with Crippen LogP contribution >= 0.6 is 0 Å². The molecular formula is C12H18N2O3. The largest absolute Gasteiger partial charge is 0.396 e. The second-order valence-corrected chi connectivity index (χ2v) is 4.35. The molecule has 5 nitrogen and oxygen atoms in total. The van der Waals surface area contributed by atoms with E-state index in [1.807, 2.05) is 13.8 Å². The topological polar surface area (TPSA) is 75.4 Å². The fourth-order valence-electron chi connectivity index (χ4n) is 1.51. The third-order valence-electron chi connectivity index (χ3n) is 2.93. The average Bonchev–Trinajstić information content (AvgIpc) is 2.27. The Morgan fingerprint density at radius 1 is 1.47 bits per heavy atom. The van der Waals surface area contributed by atoms with Gasteiger partial charge in [-0.3, -0.25) is 10.1 Å². The van der Waals surface area contributed by atoms with Gasteiger partial charge >= 0.3 is 0 Å². The Morgan fingerprint density at radius 2 is 2.12 bits per heavy atom. The maximum absolute atomic E-state index is 10.7. The fraction of sp³-hybridized carbons (Fsp3) is 0.500. The van der Waals surface area contributed by atoms with Crippen LogP contribution in [0.25, 0.3) is 0 Å². The van der Waals surface area contributed by atoms with Gasteiger partial charge in [0.25, 0.3) is 5.69 Å². The molecule has 0 spiro atoms. The molecule has 2 atom stereocenters. The summed E-state index contributed by atoms with van der Waals surface area (Å²) in [4.78, 5) is 10.3. The fourth-order valence-corrected chi connectivity index (χ4v) is 1.51. The predicted molar refractivity (Wildman–Crippen MR) is 67.2 cm³/mol. The summed E-state index contributed by atoms with van der Waals surface area (Å²) in [6.45, 7) is 5.73. The molecule has 0 aliphatic heterocycles. The van der Waals surface area contributed by atoms with E-state index in [0.29, 0.717) is 5.56 Å². The van der Waals surface area contributed by atoms with Gasteiger partial charge in [0.1, 0.15) is 0 Å². The van der Waals surface area contributed by atoms with Crippen molar-refractivity contribution in [1.82, 2.24) is 0 Å². The molecule has 5 heteroatoms.